The number of nitrogens with zero attached hydrogens (tertiary/aromatic N) is 1. The molecule has 5 nitrogen and oxygen atoms in total. The Bertz CT molecular complexity index is 756. The van der Waals surface area contributed by atoms with Gasteiger partial charge in [-0.1, -0.05) is 44.2 Å². The molecule has 2 heterocycles. The van der Waals surface area contributed by atoms with Crippen LogP contribution in [0.2, 0.25) is 0 Å². The highest BCUT2D eigenvalue weighted by Crippen LogP contribution is 2.27. The number of rotatable bonds is 8. The van der Waals surface area contributed by atoms with Crippen LogP contribution in [0, 0.1) is 5.92 Å². The molecule has 144 valence electrons. The maximum Gasteiger partial charge on any atom is 0.409 e. The van der Waals surface area contributed by atoms with E-state index in [0.29, 0.717) is 25.6 Å². The minimum absolute atomic E-state index is 0.0700. The molecule has 1 aromatic heterocycles. The van der Waals surface area contributed by atoms with Crippen molar-refractivity contribution in [1.29, 1.82) is 0 Å². The minimum Gasteiger partial charge on any atom is -0.448 e. The first kappa shape index (κ1) is 19.4. The van der Waals surface area contributed by atoms with Crippen molar-refractivity contribution in [3.8, 4) is 0 Å². The fourth-order valence-corrected chi connectivity index (χ4v) is 3.99. The number of cyclic esters (lactones) is 1. The van der Waals surface area contributed by atoms with Crippen LogP contribution < -0.4 is 5.32 Å². The van der Waals surface area contributed by atoms with Gasteiger partial charge in [0.1, 0.15) is 6.61 Å². The number of nitrogens with one attached hydrogen (secondary N) is 1. The maximum atomic E-state index is 12.5. The lowest BCUT2D eigenvalue weighted by Gasteiger charge is -2.20. The molecular formula is C21H26N2O3S. The predicted octanol–water partition coefficient (Wildman–Crippen LogP) is 3.99. The number of benzene rings is 1. The van der Waals surface area contributed by atoms with E-state index in [0.717, 1.165) is 16.9 Å². The highest BCUT2D eigenvalue weighted by Gasteiger charge is 2.23. The van der Waals surface area contributed by atoms with Crippen LogP contribution in [0.5, 0.6) is 0 Å². The number of carbonyl (C=O) groups is 2. The van der Waals surface area contributed by atoms with Crippen LogP contribution in [0.15, 0.2) is 41.8 Å². The summed E-state index contributed by atoms with van der Waals surface area (Å²) in [6, 6.07) is 12.3. The fourth-order valence-electron chi connectivity index (χ4n) is 3.19. The zero-order chi connectivity index (χ0) is 19.2. The van der Waals surface area contributed by atoms with Crippen molar-refractivity contribution >= 4 is 23.3 Å². The Labute approximate surface area is 164 Å². The number of hydrogen-bond acceptors (Lipinski definition) is 4. The molecule has 0 aliphatic carbocycles. The van der Waals surface area contributed by atoms with Crippen LogP contribution in [0.4, 0.5) is 4.79 Å². The smallest absolute Gasteiger partial charge is 0.409 e. The Morgan fingerprint density at radius 3 is 2.63 bits per heavy atom. The molecule has 1 aliphatic heterocycles. The zero-order valence-electron chi connectivity index (χ0n) is 15.8. The number of carbonyl (C=O) groups excluding carboxylic acids is 2. The number of hydrogen-bond donors (Lipinski definition) is 1. The van der Waals surface area contributed by atoms with E-state index in [9.17, 15) is 9.59 Å². The third-order valence-electron chi connectivity index (χ3n) is 4.54. The highest BCUT2D eigenvalue weighted by molar-refractivity contribution is 7.10. The molecule has 0 radical (unpaired) electrons. The summed E-state index contributed by atoms with van der Waals surface area (Å²) in [5.74, 6) is 0.542. The van der Waals surface area contributed by atoms with Crippen LogP contribution >= 0.6 is 11.3 Å². The molecule has 0 spiro atoms. The monoisotopic (exact) mass is 386 g/mol. The molecule has 1 aliphatic rings. The number of amides is 2. The van der Waals surface area contributed by atoms with Gasteiger partial charge in [-0.2, -0.15) is 0 Å². The molecule has 2 amide bonds. The molecular weight excluding hydrogens is 360 g/mol. The minimum atomic E-state index is -0.335. The van der Waals surface area contributed by atoms with Crippen molar-refractivity contribution in [1.82, 2.24) is 10.2 Å². The lowest BCUT2D eigenvalue weighted by atomic mass is 9.98. The highest BCUT2D eigenvalue weighted by atomic mass is 32.1. The average Bonchev–Trinajstić information content (AvgIpc) is 3.30. The lowest BCUT2D eigenvalue weighted by molar-refractivity contribution is -0.121. The second kappa shape index (κ2) is 9.04. The van der Waals surface area contributed by atoms with Crippen LogP contribution in [-0.4, -0.2) is 36.6 Å². The van der Waals surface area contributed by atoms with E-state index in [2.05, 4.69) is 43.4 Å². The summed E-state index contributed by atoms with van der Waals surface area (Å²) in [6.45, 7) is 5.76. The molecule has 1 saturated heterocycles. The average molecular weight is 387 g/mol. The molecule has 3 rings (SSSR count). The second-order valence-corrected chi connectivity index (χ2v) is 8.19. The summed E-state index contributed by atoms with van der Waals surface area (Å²) in [5.41, 5.74) is 2.37. The Kier molecular flexibility index (Phi) is 6.50. The molecule has 2 aromatic rings. The van der Waals surface area contributed by atoms with Gasteiger partial charge in [0, 0.05) is 17.8 Å². The first-order valence-corrected chi connectivity index (χ1v) is 10.2. The summed E-state index contributed by atoms with van der Waals surface area (Å²) in [7, 11) is 0. The van der Waals surface area contributed by atoms with Crippen LogP contribution in [0.1, 0.15) is 42.3 Å². The number of ether oxygens (including phenoxy) is 1. The second-order valence-electron chi connectivity index (χ2n) is 7.21. The van der Waals surface area contributed by atoms with Crippen molar-refractivity contribution in [2.45, 2.75) is 32.7 Å². The standard InChI is InChI=1S/C21H26N2O3S/c1-15(2)14-16-5-7-17(8-6-16)20(18-4-3-13-27-18)22-19(24)9-10-23-11-12-26-21(23)25/h3-8,13,15,20H,9-12,14H2,1-2H3,(H,22,24)/t20-/m1/s1. The van der Waals surface area contributed by atoms with E-state index >= 15 is 0 Å². The van der Waals surface area contributed by atoms with Crippen LogP contribution in [0.25, 0.3) is 0 Å². The van der Waals surface area contributed by atoms with Gasteiger partial charge in [0.05, 0.1) is 12.6 Å². The third-order valence-corrected chi connectivity index (χ3v) is 5.48. The first-order chi connectivity index (χ1) is 13.0. The van der Waals surface area contributed by atoms with E-state index in [4.69, 9.17) is 4.74 Å². The predicted molar refractivity (Wildman–Crippen MR) is 107 cm³/mol. The van der Waals surface area contributed by atoms with Crippen LogP contribution in [0.3, 0.4) is 0 Å². The van der Waals surface area contributed by atoms with Crippen molar-refractivity contribution in [2.75, 3.05) is 19.7 Å². The van der Waals surface area contributed by atoms with E-state index in [1.54, 1.807) is 16.2 Å². The van der Waals surface area contributed by atoms with E-state index in [1.807, 2.05) is 17.5 Å². The van der Waals surface area contributed by atoms with E-state index in [-0.39, 0.29) is 24.5 Å². The van der Waals surface area contributed by atoms with Gasteiger partial charge in [-0.3, -0.25) is 4.79 Å². The number of thiophene rings is 1. The Balaban J connectivity index is 1.66. The van der Waals surface area contributed by atoms with Gasteiger partial charge in [-0.25, -0.2) is 4.79 Å². The zero-order valence-corrected chi connectivity index (χ0v) is 16.6. The van der Waals surface area contributed by atoms with Gasteiger partial charge in [0.25, 0.3) is 0 Å². The molecule has 1 aromatic carbocycles. The van der Waals surface area contributed by atoms with Gasteiger partial charge in [0.15, 0.2) is 0 Å². The Hall–Kier alpha value is -2.34. The van der Waals surface area contributed by atoms with Crippen molar-refractivity contribution in [3.63, 3.8) is 0 Å². The molecule has 1 N–H and O–H groups in total. The molecule has 27 heavy (non-hydrogen) atoms. The fraction of sp³-hybridized carbons (Fsp3) is 0.429. The molecule has 1 atom stereocenters. The summed E-state index contributed by atoms with van der Waals surface area (Å²) in [6.07, 6.45) is 0.975. The van der Waals surface area contributed by atoms with Crippen molar-refractivity contribution in [2.24, 2.45) is 5.92 Å². The van der Waals surface area contributed by atoms with Crippen molar-refractivity contribution < 1.29 is 14.3 Å². The van der Waals surface area contributed by atoms with E-state index in [1.165, 1.54) is 5.56 Å². The molecule has 0 saturated carbocycles. The molecule has 6 heteroatoms. The third kappa shape index (κ3) is 5.32. The molecule has 0 bridgehead atoms. The first-order valence-electron chi connectivity index (χ1n) is 9.36. The van der Waals surface area contributed by atoms with Gasteiger partial charge in [0.2, 0.25) is 5.91 Å². The summed E-state index contributed by atoms with van der Waals surface area (Å²) >= 11 is 1.63. The molecule has 0 unspecified atom stereocenters. The maximum absolute atomic E-state index is 12.5. The van der Waals surface area contributed by atoms with E-state index < -0.39 is 0 Å². The molecule has 1 fully saturated rings. The quantitative estimate of drug-likeness (QED) is 0.746. The normalized spacial score (nSPS) is 15.1. The lowest BCUT2D eigenvalue weighted by Crippen LogP contribution is -2.33. The Morgan fingerprint density at radius 2 is 2.04 bits per heavy atom. The topological polar surface area (TPSA) is 58.6 Å². The van der Waals surface area contributed by atoms with Crippen LogP contribution in [-0.2, 0) is 16.0 Å². The largest absolute Gasteiger partial charge is 0.448 e. The summed E-state index contributed by atoms with van der Waals surface area (Å²) in [4.78, 5) is 26.7. The summed E-state index contributed by atoms with van der Waals surface area (Å²) in [5, 5.41) is 5.14. The van der Waals surface area contributed by atoms with Gasteiger partial charge < -0.3 is 15.0 Å². The SMILES string of the molecule is CC(C)Cc1ccc([C@@H](NC(=O)CCN2CCOC2=O)c2cccs2)cc1. The van der Waals surface area contributed by atoms with Gasteiger partial charge in [-0.05, 0) is 34.9 Å². The summed E-state index contributed by atoms with van der Waals surface area (Å²) < 4.78 is 4.90. The Morgan fingerprint density at radius 1 is 1.26 bits per heavy atom. The van der Waals surface area contributed by atoms with Gasteiger partial charge >= 0.3 is 6.09 Å². The van der Waals surface area contributed by atoms with Gasteiger partial charge in [-0.15, -0.1) is 11.3 Å². The van der Waals surface area contributed by atoms with Crippen molar-refractivity contribution in [3.05, 3.63) is 57.8 Å².